The maximum absolute atomic E-state index is 13.9. The van der Waals surface area contributed by atoms with Gasteiger partial charge in [-0.05, 0) is 18.9 Å². The fraction of sp³-hybridized carbons (Fsp3) is 0.462. The molecule has 19 heavy (non-hydrogen) atoms. The summed E-state index contributed by atoms with van der Waals surface area (Å²) < 4.78 is 32.3. The fourth-order valence-corrected chi connectivity index (χ4v) is 2.80. The Balaban J connectivity index is 2.70. The lowest BCUT2D eigenvalue weighted by Crippen LogP contribution is -2.21. The predicted molar refractivity (Wildman–Crippen MR) is 66.2 cm³/mol. The summed E-state index contributed by atoms with van der Waals surface area (Å²) in [6.07, 6.45) is 4.30. The van der Waals surface area contributed by atoms with Crippen LogP contribution in [0.5, 0.6) is 5.75 Å². The van der Waals surface area contributed by atoms with E-state index in [1.165, 1.54) is 19.3 Å². The lowest BCUT2D eigenvalue weighted by Gasteiger charge is -2.25. The number of halogens is 3. The van der Waals surface area contributed by atoms with Gasteiger partial charge in [0.05, 0.1) is 12.1 Å². The standard InChI is InChI=1S/C13H12ClF2NO2/c1-19-12-8(6-9(14)10(15)11(12)16)13(17-7-18)4-2-3-5-13/h6H,2-5H2,1H3. The van der Waals surface area contributed by atoms with Gasteiger partial charge in [-0.2, -0.15) is 9.38 Å². The molecule has 0 aromatic heterocycles. The van der Waals surface area contributed by atoms with Gasteiger partial charge < -0.3 is 4.74 Å². The molecule has 0 aliphatic heterocycles. The van der Waals surface area contributed by atoms with E-state index in [4.69, 9.17) is 16.3 Å². The van der Waals surface area contributed by atoms with Crippen LogP contribution in [0.2, 0.25) is 5.02 Å². The van der Waals surface area contributed by atoms with Crippen molar-refractivity contribution in [3.63, 3.8) is 0 Å². The van der Waals surface area contributed by atoms with Gasteiger partial charge in [0.25, 0.3) is 0 Å². The van der Waals surface area contributed by atoms with E-state index >= 15 is 0 Å². The predicted octanol–water partition coefficient (Wildman–Crippen LogP) is 3.73. The van der Waals surface area contributed by atoms with Crippen LogP contribution < -0.4 is 4.74 Å². The highest BCUT2D eigenvalue weighted by molar-refractivity contribution is 6.30. The maximum atomic E-state index is 13.9. The minimum atomic E-state index is -1.16. The van der Waals surface area contributed by atoms with Crippen LogP contribution in [-0.2, 0) is 10.3 Å². The highest BCUT2D eigenvalue weighted by Crippen LogP contribution is 2.47. The minimum Gasteiger partial charge on any atom is -0.493 e. The van der Waals surface area contributed by atoms with Crippen LogP contribution in [0.4, 0.5) is 8.78 Å². The van der Waals surface area contributed by atoms with Gasteiger partial charge in [-0.1, -0.05) is 24.4 Å². The van der Waals surface area contributed by atoms with Gasteiger partial charge in [0.1, 0.15) is 5.54 Å². The second-order valence-electron chi connectivity index (χ2n) is 4.51. The molecule has 1 aromatic rings. The SMILES string of the molecule is COc1c(C2(N=C=O)CCCC2)cc(Cl)c(F)c1F. The number of aliphatic imine (C=N–C) groups is 1. The van der Waals surface area contributed by atoms with Crippen molar-refractivity contribution in [2.75, 3.05) is 7.11 Å². The molecule has 2 rings (SSSR count). The highest BCUT2D eigenvalue weighted by Gasteiger charge is 2.40. The summed E-state index contributed by atoms with van der Waals surface area (Å²) in [4.78, 5) is 14.5. The molecule has 1 aromatic carbocycles. The van der Waals surface area contributed by atoms with Crippen molar-refractivity contribution in [2.45, 2.75) is 31.2 Å². The van der Waals surface area contributed by atoms with Crippen LogP contribution in [0.3, 0.4) is 0 Å². The van der Waals surface area contributed by atoms with E-state index < -0.39 is 17.2 Å². The number of isocyanates is 1. The van der Waals surface area contributed by atoms with E-state index in [2.05, 4.69) is 4.99 Å². The zero-order valence-corrected chi connectivity index (χ0v) is 11.1. The number of hydrogen-bond acceptors (Lipinski definition) is 3. The summed E-state index contributed by atoms with van der Waals surface area (Å²) in [5.74, 6) is -2.56. The fourth-order valence-electron chi connectivity index (χ4n) is 2.61. The minimum absolute atomic E-state index is 0.247. The molecule has 1 fully saturated rings. The molecule has 0 amide bonds. The first-order chi connectivity index (χ1) is 9.05. The maximum Gasteiger partial charge on any atom is 0.235 e. The first kappa shape index (κ1) is 14.0. The van der Waals surface area contributed by atoms with Crippen LogP contribution >= 0.6 is 11.6 Å². The summed E-state index contributed by atoms with van der Waals surface area (Å²) in [5.41, 5.74) is -0.606. The number of hydrogen-bond donors (Lipinski definition) is 0. The third-order valence-corrected chi connectivity index (χ3v) is 3.79. The van der Waals surface area contributed by atoms with Gasteiger partial charge in [0.15, 0.2) is 11.6 Å². The Hall–Kier alpha value is -1.45. The van der Waals surface area contributed by atoms with Gasteiger partial charge >= 0.3 is 0 Å². The average molecular weight is 288 g/mol. The topological polar surface area (TPSA) is 38.7 Å². The van der Waals surface area contributed by atoms with Gasteiger partial charge in [0.2, 0.25) is 11.9 Å². The van der Waals surface area contributed by atoms with Crippen LogP contribution in [-0.4, -0.2) is 13.2 Å². The number of ether oxygens (including phenoxy) is 1. The Labute approximate surface area is 114 Å². The lowest BCUT2D eigenvalue weighted by atomic mass is 9.88. The molecule has 0 unspecified atom stereocenters. The van der Waals surface area contributed by atoms with E-state index in [-0.39, 0.29) is 10.8 Å². The van der Waals surface area contributed by atoms with Crippen LogP contribution in [0.25, 0.3) is 0 Å². The highest BCUT2D eigenvalue weighted by atomic mass is 35.5. The molecule has 1 saturated carbocycles. The van der Waals surface area contributed by atoms with Crippen molar-refractivity contribution in [1.29, 1.82) is 0 Å². The lowest BCUT2D eigenvalue weighted by molar-refractivity contribution is 0.346. The van der Waals surface area contributed by atoms with Gasteiger partial charge in [-0.15, -0.1) is 0 Å². The van der Waals surface area contributed by atoms with E-state index in [1.807, 2.05) is 0 Å². The van der Waals surface area contributed by atoms with Crippen LogP contribution in [0, 0.1) is 11.6 Å². The van der Waals surface area contributed by atoms with Gasteiger partial charge in [-0.25, -0.2) is 9.18 Å². The van der Waals surface area contributed by atoms with Crippen LogP contribution in [0.1, 0.15) is 31.2 Å². The van der Waals surface area contributed by atoms with Crippen molar-refractivity contribution in [3.8, 4) is 5.75 Å². The number of nitrogens with zero attached hydrogens (tertiary/aromatic N) is 1. The van der Waals surface area contributed by atoms with Crippen LogP contribution in [0.15, 0.2) is 11.1 Å². The molecule has 1 aliphatic carbocycles. The molecule has 102 valence electrons. The Morgan fingerprint density at radius 3 is 2.53 bits per heavy atom. The Kier molecular flexibility index (Phi) is 3.88. The van der Waals surface area contributed by atoms with E-state index in [1.54, 1.807) is 0 Å². The first-order valence-electron chi connectivity index (χ1n) is 5.87. The number of carbonyl (C=O) groups excluding carboxylic acids is 1. The van der Waals surface area contributed by atoms with Crippen molar-refractivity contribution in [3.05, 3.63) is 28.3 Å². The molecular formula is C13H12ClF2NO2. The molecular weight excluding hydrogens is 276 g/mol. The molecule has 0 atom stereocenters. The molecule has 0 bridgehead atoms. The van der Waals surface area contributed by atoms with E-state index in [9.17, 15) is 13.6 Å². The zero-order valence-electron chi connectivity index (χ0n) is 10.3. The molecule has 0 spiro atoms. The third kappa shape index (κ3) is 2.24. The number of benzene rings is 1. The molecule has 0 saturated heterocycles. The summed E-state index contributed by atoms with van der Waals surface area (Å²) in [7, 11) is 1.24. The van der Waals surface area contributed by atoms with Crippen molar-refractivity contribution >= 4 is 17.7 Å². The molecule has 0 radical (unpaired) electrons. The van der Waals surface area contributed by atoms with Crippen molar-refractivity contribution < 1.29 is 18.3 Å². The number of rotatable bonds is 3. The van der Waals surface area contributed by atoms with Crippen molar-refractivity contribution in [1.82, 2.24) is 0 Å². The smallest absolute Gasteiger partial charge is 0.235 e. The quantitative estimate of drug-likeness (QED) is 0.483. The second kappa shape index (κ2) is 5.27. The summed E-state index contributed by atoms with van der Waals surface area (Å²) in [5, 5.41) is -0.347. The summed E-state index contributed by atoms with van der Waals surface area (Å²) in [6.45, 7) is 0. The molecule has 6 heteroatoms. The Morgan fingerprint density at radius 1 is 1.37 bits per heavy atom. The first-order valence-corrected chi connectivity index (χ1v) is 6.24. The third-order valence-electron chi connectivity index (χ3n) is 3.51. The number of methoxy groups -OCH3 is 1. The van der Waals surface area contributed by atoms with Gasteiger partial charge in [0, 0.05) is 5.56 Å². The summed E-state index contributed by atoms with van der Waals surface area (Å²) >= 11 is 5.68. The largest absolute Gasteiger partial charge is 0.493 e. The monoisotopic (exact) mass is 287 g/mol. The van der Waals surface area contributed by atoms with Crippen molar-refractivity contribution in [2.24, 2.45) is 4.99 Å². The molecule has 1 aliphatic rings. The average Bonchev–Trinajstić information content (AvgIpc) is 2.86. The second-order valence-corrected chi connectivity index (χ2v) is 4.92. The normalized spacial score (nSPS) is 17.1. The zero-order chi connectivity index (χ0) is 14.0. The molecule has 3 nitrogen and oxygen atoms in total. The Morgan fingerprint density at radius 2 is 2.00 bits per heavy atom. The Bertz CT molecular complexity index is 550. The van der Waals surface area contributed by atoms with E-state index in [0.29, 0.717) is 18.4 Å². The summed E-state index contributed by atoms with van der Waals surface area (Å²) in [6, 6.07) is 1.28. The van der Waals surface area contributed by atoms with Gasteiger partial charge in [-0.3, -0.25) is 0 Å². The molecule has 0 heterocycles. The van der Waals surface area contributed by atoms with E-state index in [0.717, 1.165) is 12.8 Å². The molecule has 0 N–H and O–H groups in total.